The first-order valence-electron chi connectivity index (χ1n) is 5.42. The molecule has 2 atom stereocenters. The third-order valence-corrected chi connectivity index (χ3v) is 5.10. The first kappa shape index (κ1) is 13.6. The highest BCUT2D eigenvalue weighted by Crippen LogP contribution is 2.25. The van der Waals surface area contributed by atoms with Gasteiger partial charge < -0.3 is 0 Å². The van der Waals surface area contributed by atoms with Gasteiger partial charge in [-0.25, -0.2) is 8.93 Å². The third-order valence-electron chi connectivity index (χ3n) is 2.80. The maximum absolute atomic E-state index is 12.0. The fourth-order valence-electron chi connectivity index (χ4n) is 1.50. The molecule has 0 radical (unpaired) electrons. The monoisotopic (exact) mass is 250 g/mol. The van der Waals surface area contributed by atoms with Crippen molar-refractivity contribution in [3.8, 4) is 0 Å². The number of nitrogens with one attached hydrogen (secondary N) is 1. The summed E-state index contributed by atoms with van der Waals surface area (Å²) in [6.45, 7) is 10.3. The van der Waals surface area contributed by atoms with E-state index in [1.165, 1.54) is 0 Å². The van der Waals surface area contributed by atoms with Gasteiger partial charge in [-0.3, -0.25) is 4.67 Å². The van der Waals surface area contributed by atoms with Crippen LogP contribution in [0.25, 0.3) is 0 Å². The molecular formula is C10H23N2OPS. The SMILES string of the molecule is CC1(NS(=O)C(C)(C)C)CCN(P)CC1. The topological polar surface area (TPSA) is 32.3 Å². The average Bonchev–Trinajstić information content (AvgIpc) is 2.09. The van der Waals surface area contributed by atoms with Gasteiger partial charge in [-0.05, 0) is 40.5 Å². The van der Waals surface area contributed by atoms with Crippen molar-refractivity contribution in [2.45, 2.75) is 50.8 Å². The Bertz CT molecular complexity index is 244. The molecule has 90 valence electrons. The summed E-state index contributed by atoms with van der Waals surface area (Å²) in [6, 6.07) is 0. The van der Waals surface area contributed by atoms with Crippen molar-refractivity contribution in [3.05, 3.63) is 0 Å². The Morgan fingerprint density at radius 2 is 1.80 bits per heavy atom. The second-order valence-corrected chi connectivity index (χ2v) is 8.28. The molecule has 1 aliphatic heterocycles. The van der Waals surface area contributed by atoms with E-state index in [1.54, 1.807) is 0 Å². The second kappa shape index (κ2) is 4.79. The Labute approximate surface area is 98.2 Å². The van der Waals surface area contributed by atoms with E-state index in [0.717, 1.165) is 25.9 Å². The molecule has 5 heteroatoms. The van der Waals surface area contributed by atoms with E-state index in [0.29, 0.717) is 0 Å². The van der Waals surface area contributed by atoms with E-state index >= 15 is 0 Å². The van der Waals surface area contributed by atoms with Crippen LogP contribution in [0, 0.1) is 0 Å². The molecule has 0 aromatic heterocycles. The number of piperidine rings is 1. The minimum absolute atomic E-state index is 0.0329. The highest BCUT2D eigenvalue weighted by Gasteiger charge is 2.33. The minimum Gasteiger partial charge on any atom is -0.287 e. The first-order valence-corrected chi connectivity index (χ1v) is 7.09. The zero-order valence-corrected chi connectivity index (χ0v) is 12.1. The number of nitrogens with zero attached hydrogens (tertiary/aromatic N) is 1. The maximum atomic E-state index is 12.0. The van der Waals surface area contributed by atoms with E-state index in [9.17, 15) is 4.21 Å². The van der Waals surface area contributed by atoms with Crippen molar-refractivity contribution >= 4 is 20.4 Å². The lowest BCUT2D eigenvalue weighted by Gasteiger charge is -2.39. The van der Waals surface area contributed by atoms with E-state index < -0.39 is 11.0 Å². The molecule has 0 bridgehead atoms. The number of hydrogen-bond acceptors (Lipinski definition) is 2. The van der Waals surface area contributed by atoms with Gasteiger partial charge in [0.25, 0.3) is 0 Å². The molecule has 15 heavy (non-hydrogen) atoms. The summed E-state index contributed by atoms with van der Waals surface area (Å²) in [5, 5.41) is 0. The Morgan fingerprint density at radius 3 is 2.20 bits per heavy atom. The van der Waals surface area contributed by atoms with Crippen molar-refractivity contribution in [2.24, 2.45) is 0 Å². The van der Waals surface area contributed by atoms with Gasteiger partial charge in [-0.1, -0.05) is 9.39 Å². The lowest BCUT2D eigenvalue weighted by atomic mass is 9.92. The molecular weight excluding hydrogens is 227 g/mol. The highest BCUT2D eigenvalue weighted by molar-refractivity contribution is 7.84. The van der Waals surface area contributed by atoms with Crippen LogP contribution in [0.3, 0.4) is 0 Å². The Kier molecular flexibility index (Phi) is 4.33. The molecule has 0 spiro atoms. The summed E-state index contributed by atoms with van der Waals surface area (Å²) in [5.41, 5.74) is 0.0329. The Hall–Kier alpha value is 0.500. The van der Waals surface area contributed by atoms with Crippen LogP contribution < -0.4 is 4.72 Å². The standard InChI is InChI=1S/C10H23N2OPS/c1-9(2,3)15(13)11-10(4)5-7-12(14)8-6-10/h11H,5-8,14H2,1-4H3. The largest absolute Gasteiger partial charge is 0.287 e. The summed E-state index contributed by atoms with van der Waals surface area (Å²) in [5.74, 6) is 0. The summed E-state index contributed by atoms with van der Waals surface area (Å²) >= 11 is 0. The van der Waals surface area contributed by atoms with Crippen LogP contribution in [-0.2, 0) is 11.0 Å². The summed E-state index contributed by atoms with van der Waals surface area (Å²) < 4.78 is 17.4. The molecule has 3 nitrogen and oxygen atoms in total. The number of hydrogen-bond donors (Lipinski definition) is 1. The smallest absolute Gasteiger partial charge is 0.0975 e. The lowest BCUT2D eigenvalue weighted by molar-refractivity contribution is 0.248. The van der Waals surface area contributed by atoms with Crippen LogP contribution in [0.15, 0.2) is 0 Å². The molecule has 1 aliphatic rings. The van der Waals surface area contributed by atoms with Crippen molar-refractivity contribution in [2.75, 3.05) is 13.1 Å². The number of rotatable bonds is 2. The quantitative estimate of drug-likeness (QED) is 0.756. The first-order chi connectivity index (χ1) is 6.73. The molecule has 1 heterocycles. The van der Waals surface area contributed by atoms with Gasteiger partial charge in [-0.15, -0.1) is 0 Å². The van der Waals surface area contributed by atoms with Crippen LogP contribution in [0.1, 0.15) is 40.5 Å². The van der Waals surface area contributed by atoms with Crippen molar-refractivity contribution in [3.63, 3.8) is 0 Å². The molecule has 0 amide bonds. The van der Waals surface area contributed by atoms with Gasteiger partial charge in [0, 0.05) is 18.6 Å². The fraction of sp³-hybridized carbons (Fsp3) is 1.00. The second-order valence-electron chi connectivity index (χ2n) is 5.58. The predicted molar refractivity (Wildman–Crippen MR) is 70.0 cm³/mol. The van der Waals surface area contributed by atoms with Crippen molar-refractivity contribution in [1.29, 1.82) is 0 Å². The van der Waals surface area contributed by atoms with E-state index in [1.807, 2.05) is 20.8 Å². The van der Waals surface area contributed by atoms with Crippen molar-refractivity contribution in [1.82, 2.24) is 9.39 Å². The molecule has 0 saturated carbocycles. The van der Waals surface area contributed by atoms with Crippen LogP contribution in [-0.4, -0.2) is 32.3 Å². The molecule has 1 rings (SSSR count). The molecule has 0 aromatic carbocycles. The predicted octanol–water partition coefficient (Wildman–Crippen LogP) is 1.68. The van der Waals surface area contributed by atoms with E-state index in [-0.39, 0.29) is 10.3 Å². The van der Waals surface area contributed by atoms with Crippen LogP contribution in [0.4, 0.5) is 0 Å². The lowest BCUT2D eigenvalue weighted by Crippen LogP contribution is -2.52. The third kappa shape index (κ3) is 4.10. The normalized spacial score (nSPS) is 25.1. The molecule has 1 fully saturated rings. The van der Waals surface area contributed by atoms with Gasteiger partial charge in [-0.2, -0.15) is 0 Å². The van der Waals surface area contributed by atoms with E-state index in [4.69, 9.17) is 0 Å². The minimum atomic E-state index is -0.961. The fourth-order valence-corrected chi connectivity index (χ4v) is 2.71. The van der Waals surface area contributed by atoms with Gasteiger partial charge in [0.1, 0.15) is 0 Å². The highest BCUT2D eigenvalue weighted by atomic mass is 32.2. The van der Waals surface area contributed by atoms with Crippen LogP contribution in [0.2, 0.25) is 0 Å². The zero-order chi connectivity index (χ0) is 11.7. The van der Waals surface area contributed by atoms with Gasteiger partial charge in [0.15, 0.2) is 0 Å². The summed E-state index contributed by atoms with van der Waals surface area (Å²) in [4.78, 5) is 0. The summed E-state index contributed by atoms with van der Waals surface area (Å²) in [6.07, 6.45) is 2.11. The molecule has 2 unspecified atom stereocenters. The zero-order valence-electron chi connectivity index (χ0n) is 10.2. The van der Waals surface area contributed by atoms with E-state index in [2.05, 4.69) is 25.7 Å². The maximum Gasteiger partial charge on any atom is 0.0975 e. The Balaban J connectivity index is 2.54. The average molecular weight is 250 g/mol. The van der Waals surface area contributed by atoms with Crippen LogP contribution in [0.5, 0.6) is 0 Å². The van der Waals surface area contributed by atoms with Crippen molar-refractivity contribution < 1.29 is 4.21 Å². The molecule has 1 saturated heterocycles. The molecule has 0 aliphatic carbocycles. The van der Waals surface area contributed by atoms with Gasteiger partial charge in [0.05, 0.1) is 15.7 Å². The van der Waals surface area contributed by atoms with Gasteiger partial charge in [0.2, 0.25) is 0 Å². The molecule has 1 N–H and O–H groups in total. The van der Waals surface area contributed by atoms with Gasteiger partial charge >= 0.3 is 0 Å². The summed E-state index contributed by atoms with van der Waals surface area (Å²) in [7, 11) is 1.77. The Morgan fingerprint density at radius 1 is 1.33 bits per heavy atom. The molecule has 0 aromatic rings. The van der Waals surface area contributed by atoms with Crippen LogP contribution >= 0.6 is 9.39 Å².